The Bertz CT molecular complexity index is 922. The molecular formula is C22H22FNO3. The lowest BCUT2D eigenvalue weighted by molar-refractivity contribution is 0.101. The fourth-order valence-electron chi connectivity index (χ4n) is 3.78. The fraction of sp³-hybridized carbons (Fsp3) is 0.318. The van der Waals surface area contributed by atoms with Gasteiger partial charge in [0.15, 0.2) is 5.76 Å². The Kier molecular flexibility index (Phi) is 4.70. The first-order valence-electron chi connectivity index (χ1n) is 9.32. The van der Waals surface area contributed by atoms with Crippen LogP contribution in [0.3, 0.4) is 0 Å². The number of likely N-dealkylation sites (tertiary alicyclic amines) is 1. The Labute approximate surface area is 157 Å². The second kappa shape index (κ2) is 7.16. The first-order valence-corrected chi connectivity index (χ1v) is 9.32. The molecular weight excluding hydrogens is 345 g/mol. The highest BCUT2D eigenvalue weighted by Gasteiger charge is 2.32. The molecule has 4 nitrogen and oxygen atoms in total. The minimum Gasteiger partial charge on any atom is -0.507 e. The minimum absolute atomic E-state index is 0.0774. The Morgan fingerprint density at radius 1 is 1.26 bits per heavy atom. The number of allylic oxidation sites excluding steroid dienone is 1. The summed E-state index contributed by atoms with van der Waals surface area (Å²) in [5.74, 6) is -0.121. The Hall–Kier alpha value is -2.66. The topological polar surface area (TPSA) is 49.8 Å². The number of Topliss-reactive ketones (excluding diaryl/α,β-unsaturated/α-hetero) is 1. The van der Waals surface area contributed by atoms with Crippen molar-refractivity contribution in [2.45, 2.75) is 38.8 Å². The summed E-state index contributed by atoms with van der Waals surface area (Å²) in [5.41, 5.74) is 1.32. The van der Waals surface area contributed by atoms with Crippen LogP contribution in [-0.2, 0) is 6.54 Å². The van der Waals surface area contributed by atoms with E-state index in [0.29, 0.717) is 35.0 Å². The summed E-state index contributed by atoms with van der Waals surface area (Å²) < 4.78 is 19.8. The number of hydrogen-bond acceptors (Lipinski definition) is 4. The van der Waals surface area contributed by atoms with Crippen molar-refractivity contribution in [3.8, 4) is 11.5 Å². The standard InChI is InChI=1S/C22H22FNO3/c1-14-6-4-5-11-24(14)13-17-19(25)10-9-16-21(26)20(27-22(16)17)12-15-7-2-3-8-18(15)23/h2-3,7-10,12,14,25H,4-6,11,13H2,1H3/b20-12-/t14-/m0/s1. The third-order valence-electron chi connectivity index (χ3n) is 5.41. The molecule has 2 heterocycles. The van der Waals surface area contributed by atoms with Crippen molar-refractivity contribution in [2.75, 3.05) is 6.54 Å². The van der Waals surface area contributed by atoms with E-state index >= 15 is 0 Å². The third kappa shape index (κ3) is 3.35. The molecule has 0 amide bonds. The zero-order chi connectivity index (χ0) is 19.0. The number of rotatable bonds is 3. The Balaban J connectivity index is 1.68. The minimum atomic E-state index is -0.414. The average molecular weight is 367 g/mol. The van der Waals surface area contributed by atoms with E-state index in [1.807, 2.05) is 0 Å². The van der Waals surface area contributed by atoms with Crippen LogP contribution in [0.1, 0.15) is 47.7 Å². The Morgan fingerprint density at radius 2 is 2.07 bits per heavy atom. The molecule has 1 atom stereocenters. The molecule has 4 rings (SSSR count). The SMILES string of the molecule is C[C@H]1CCCCN1Cc1c(O)ccc2c1O/C(=C\c1ccccc1F)C2=O. The number of ether oxygens (including phenoxy) is 1. The number of benzene rings is 2. The molecule has 27 heavy (non-hydrogen) atoms. The van der Waals surface area contributed by atoms with Crippen LogP contribution in [0.2, 0.25) is 0 Å². The van der Waals surface area contributed by atoms with E-state index in [1.165, 1.54) is 24.6 Å². The predicted molar refractivity (Wildman–Crippen MR) is 101 cm³/mol. The van der Waals surface area contributed by atoms with Gasteiger partial charge in [0.05, 0.1) is 11.1 Å². The highest BCUT2D eigenvalue weighted by molar-refractivity contribution is 6.15. The molecule has 0 saturated carbocycles. The molecule has 140 valence electrons. The summed E-state index contributed by atoms with van der Waals surface area (Å²) in [6.45, 7) is 3.65. The van der Waals surface area contributed by atoms with Crippen molar-refractivity contribution in [2.24, 2.45) is 0 Å². The van der Waals surface area contributed by atoms with Crippen molar-refractivity contribution in [3.05, 3.63) is 64.7 Å². The van der Waals surface area contributed by atoms with Crippen molar-refractivity contribution in [3.63, 3.8) is 0 Å². The Morgan fingerprint density at radius 3 is 2.85 bits per heavy atom. The molecule has 2 aliphatic rings. The zero-order valence-corrected chi connectivity index (χ0v) is 15.2. The van der Waals surface area contributed by atoms with E-state index in [0.717, 1.165) is 19.4 Å². The van der Waals surface area contributed by atoms with Gasteiger partial charge in [-0.25, -0.2) is 4.39 Å². The van der Waals surface area contributed by atoms with Gasteiger partial charge in [0.2, 0.25) is 5.78 Å². The molecule has 0 unspecified atom stereocenters. The normalized spacial score (nSPS) is 21.3. The van der Waals surface area contributed by atoms with E-state index in [4.69, 9.17) is 4.74 Å². The van der Waals surface area contributed by atoms with Crippen molar-refractivity contribution >= 4 is 11.9 Å². The summed E-state index contributed by atoms with van der Waals surface area (Å²) >= 11 is 0. The van der Waals surface area contributed by atoms with E-state index < -0.39 is 5.82 Å². The highest BCUT2D eigenvalue weighted by Crippen LogP contribution is 2.40. The number of nitrogens with zero attached hydrogens (tertiary/aromatic N) is 1. The average Bonchev–Trinajstić information content (AvgIpc) is 2.97. The predicted octanol–water partition coefficient (Wildman–Crippen LogP) is 4.52. The van der Waals surface area contributed by atoms with Crippen LogP contribution in [0, 0.1) is 5.82 Å². The zero-order valence-electron chi connectivity index (χ0n) is 15.2. The summed E-state index contributed by atoms with van der Waals surface area (Å²) in [6.07, 6.45) is 4.87. The van der Waals surface area contributed by atoms with E-state index in [2.05, 4.69) is 11.8 Å². The van der Waals surface area contributed by atoms with Crippen LogP contribution in [0.15, 0.2) is 42.2 Å². The smallest absolute Gasteiger partial charge is 0.231 e. The van der Waals surface area contributed by atoms with Gasteiger partial charge >= 0.3 is 0 Å². The number of carbonyl (C=O) groups excluding carboxylic acids is 1. The van der Waals surface area contributed by atoms with E-state index in [1.54, 1.807) is 24.3 Å². The van der Waals surface area contributed by atoms with Gasteiger partial charge in [-0.15, -0.1) is 0 Å². The largest absolute Gasteiger partial charge is 0.507 e. The fourth-order valence-corrected chi connectivity index (χ4v) is 3.78. The maximum Gasteiger partial charge on any atom is 0.231 e. The maximum absolute atomic E-state index is 13.9. The lowest BCUT2D eigenvalue weighted by atomic mass is 10.0. The summed E-state index contributed by atoms with van der Waals surface area (Å²) in [4.78, 5) is 15.0. The first-order chi connectivity index (χ1) is 13.0. The molecule has 1 fully saturated rings. The number of hydrogen-bond donors (Lipinski definition) is 1. The monoisotopic (exact) mass is 367 g/mol. The quantitative estimate of drug-likeness (QED) is 0.811. The summed E-state index contributed by atoms with van der Waals surface area (Å²) in [5, 5.41) is 10.4. The van der Waals surface area contributed by atoms with Gasteiger partial charge in [0.1, 0.15) is 17.3 Å². The molecule has 5 heteroatoms. The molecule has 2 aromatic carbocycles. The van der Waals surface area contributed by atoms with Crippen LogP contribution in [-0.4, -0.2) is 28.4 Å². The van der Waals surface area contributed by atoms with Gasteiger partial charge < -0.3 is 9.84 Å². The van der Waals surface area contributed by atoms with E-state index in [-0.39, 0.29) is 17.3 Å². The second-order valence-corrected chi connectivity index (χ2v) is 7.22. The van der Waals surface area contributed by atoms with Gasteiger partial charge in [-0.2, -0.15) is 0 Å². The van der Waals surface area contributed by atoms with Crippen LogP contribution < -0.4 is 4.74 Å². The molecule has 2 aromatic rings. The van der Waals surface area contributed by atoms with Crippen LogP contribution in [0.5, 0.6) is 11.5 Å². The maximum atomic E-state index is 13.9. The number of ketones is 1. The molecule has 0 aliphatic carbocycles. The molecule has 0 radical (unpaired) electrons. The molecule has 2 aliphatic heterocycles. The second-order valence-electron chi connectivity index (χ2n) is 7.22. The van der Waals surface area contributed by atoms with Gasteiger partial charge in [0.25, 0.3) is 0 Å². The first kappa shape index (κ1) is 17.7. The number of fused-ring (bicyclic) bond motifs is 1. The molecule has 1 saturated heterocycles. The van der Waals surface area contributed by atoms with Crippen LogP contribution in [0.25, 0.3) is 6.08 Å². The van der Waals surface area contributed by atoms with Crippen LogP contribution >= 0.6 is 0 Å². The number of carbonyl (C=O) groups is 1. The van der Waals surface area contributed by atoms with Crippen molar-refractivity contribution in [1.29, 1.82) is 0 Å². The molecule has 0 bridgehead atoms. The highest BCUT2D eigenvalue weighted by atomic mass is 19.1. The number of phenols is 1. The lowest BCUT2D eigenvalue weighted by Crippen LogP contribution is -2.36. The summed E-state index contributed by atoms with van der Waals surface area (Å²) in [6, 6.07) is 9.76. The van der Waals surface area contributed by atoms with E-state index in [9.17, 15) is 14.3 Å². The number of piperidine rings is 1. The van der Waals surface area contributed by atoms with Gasteiger partial charge in [-0.3, -0.25) is 9.69 Å². The van der Waals surface area contributed by atoms with Crippen LogP contribution in [0.4, 0.5) is 4.39 Å². The van der Waals surface area contributed by atoms with Crippen molar-refractivity contribution in [1.82, 2.24) is 4.90 Å². The lowest BCUT2D eigenvalue weighted by Gasteiger charge is -2.33. The summed E-state index contributed by atoms with van der Waals surface area (Å²) in [7, 11) is 0. The molecule has 0 spiro atoms. The van der Waals surface area contributed by atoms with Gasteiger partial charge in [-0.1, -0.05) is 24.6 Å². The molecule has 1 N–H and O–H groups in total. The number of halogens is 1. The van der Waals surface area contributed by atoms with Gasteiger partial charge in [-0.05, 0) is 50.6 Å². The third-order valence-corrected chi connectivity index (χ3v) is 5.41. The van der Waals surface area contributed by atoms with Gasteiger partial charge in [0, 0.05) is 18.2 Å². The number of phenolic OH excluding ortho intramolecular Hbond substituents is 1. The molecule has 0 aromatic heterocycles. The number of aromatic hydroxyl groups is 1. The van der Waals surface area contributed by atoms with Crippen molar-refractivity contribution < 1.29 is 19.0 Å².